The molecule has 1 unspecified atom stereocenters. The van der Waals surface area contributed by atoms with Gasteiger partial charge in [0.05, 0.1) is 13.7 Å². The molecule has 0 bridgehead atoms. The standard InChI is InChI=1S/C18H31N3O3S/c1-18(2,3)25(22)14-11-20-17(19-4)21(5)12-13-24-16-9-7-15(23-6)8-10-16/h7-10H,11-14H2,1-6H3,(H,19,20). The minimum Gasteiger partial charge on any atom is -0.497 e. The highest BCUT2D eigenvalue weighted by molar-refractivity contribution is 7.86. The second-order valence-corrected chi connectivity index (χ2v) is 8.91. The van der Waals surface area contributed by atoms with Crippen LogP contribution in [-0.2, 0) is 10.8 Å². The van der Waals surface area contributed by atoms with Gasteiger partial charge in [-0.25, -0.2) is 0 Å². The minimum atomic E-state index is -0.873. The van der Waals surface area contributed by atoms with Crippen molar-refractivity contribution in [2.24, 2.45) is 4.99 Å². The van der Waals surface area contributed by atoms with Crippen LogP contribution in [0.3, 0.4) is 0 Å². The number of guanidine groups is 1. The Balaban J connectivity index is 2.35. The molecule has 6 nitrogen and oxygen atoms in total. The number of nitrogens with zero attached hydrogens (tertiary/aromatic N) is 2. The molecule has 0 saturated heterocycles. The maximum Gasteiger partial charge on any atom is 0.193 e. The summed E-state index contributed by atoms with van der Waals surface area (Å²) in [4.78, 5) is 6.25. The van der Waals surface area contributed by atoms with Crippen LogP contribution in [0.4, 0.5) is 0 Å². The average molecular weight is 370 g/mol. The van der Waals surface area contributed by atoms with Crippen LogP contribution in [0.1, 0.15) is 20.8 Å². The Kier molecular flexibility index (Phi) is 8.75. The summed E-state index contributed by atoms with van der Waals surface area (Å²) >= 11 is 0. The summed E-state index contributed by atoms with van der Waals surface area (Å²) in [6.07, 6.45) is 0. The summed E-state index contributed by atoms with van der Waals surface area (Å²) in [5.74, 6) is 2.97. The second kappa shape index (κ2) is 10.3. The summed E-state index contributed by atoms with van der Waals surface area (Å²) in [6, 6.07) is 7.51. The molecule has 0 fully saturated rings. The second-order valence-electron chi connectivity index (χ2n) is 6.58. The Morgan fingerprint density at radius 1 is 1.24 bits per heavy atom. The van der Waals surface area contributed by atoms with Crippen molar-refractivity contribution in [3.05, 3.63) is 24.3 Å². The third kappa shape index (κ3) is 7.77. The van der Waals surface area contributed by atoms with Gasteiger partial charge < -0.3 is 19.7 Å². The van der Waals surface area contributed by atoms with Crippen LogP contribution in [0.5, 0.6) is 11.5 Å². The molecule has 0 aliphatic rings. The van der Waals surface area contributed by atoms with Crippen LogP contribution in [0.2, 0.25) is 0 Å². The zero-order valence-corrected chi connectivity index (χ0v) is 17.0. The van der Waals surface area contributed by atoms with Gasteiger partial charge in [0, 0.05) is 41.9 Å². The van der Waals surface area contributed by atoms with Crippen molar-refractivity contribution in [2.45, 2.75) is 25.5 Å². The minimum absolute atomic E-state index is 0.191. The fraction of sp³-hybridized carbons (Fsp3) is 0.611. The van der Waals surface area contributed by atoms with E-state index in [-0.39, 0.29) is 4.75 Å². The first kappa shape index (κ1) is 21.3. The molecule has 0 heterocycles. The Labute approximate surface area is 154 Å². The third-order valence-electron chi connectivity index (χ3n) is 3.58. The van der Waals surface area contributed by atoms with E-state index in [1.54, 1.807) is 14.2 Å². The molecule has 1 aromatic rings. The molecule has 0 amide bonds. The van der Waals surface area contributed by atoms with Crippen LogP contribution < -0.4 is 14.8 Å². The lowest BCUT2D eigenvalue weighted by atomic mass is 10.3. The topological polar surface area (TPSA) is 63.2 Å². The zero-order valence-electron chi connectivity index (χ0n) is 16.2. The van der Waals surface area contributed by atoms with Crippen molar-refractivity contribution in [2.75, 3.05) is 46.7 Å². The number of methoxy groups -OCH3 is 1. The smallest absolute Gasteiger partial charge is 0.193 e. The van der Waals surface area contributed by atoms with E-state index in [0.29, 0.717) is 25.4 Å². The van der Waals surface area contributed by atoms with Gasteiger partial charge in [0.2, 0.25) is 0 Å². The SMILES string of the molecule is CN=C(NCCS(=O)C(C)(C)C)N(C)CCOc1ccc(OC)cc1. The van der Waals surface area contributed by atoms with Gasteiger partial charge in [-0.2, -0.15) is 0 Å². The van der Waals surface area contributed by atoms with Crippen LogP contribution in [-0.4, -0.2) is 66.5 Å². The van der Waals surface area contributed by atoms with Gasteiger partial charge in [-0.05, 0) is 45.0 Å². The summed E-state index contributed by atoms with van der Waals surface area (Å²) in [7, 11) is 4.46. The molecule has 1 N–H and O–H groups in total. The quantitative estimate of drug-likeness (QED) is 0.562. The molecule has 25 heavy (non-hydrogen) atoms. The molecule has 1 rings (SSSR count). The van der Waals surface area contributed by atoms with E-state index in [9.17, 15) is 4.21 Å². The van der Waals surface area contributed by atoms with E-state index in [2.05, 4.69) is 10.3 Å². The number of benzene rings is 1. The Bertz CT molecular complexity index is 568. The summed E-state index contributed by atoms with van der Waals surface area (Å²) in [5, 5.41) is 3.25. The molecule has 0 aliphatic heterocycles. The van der Waals surface area contributed by atoms with E-state index in [1.165, 1.54) is 0 Å². The van der Waals surface area contributed by atoms with Crippen molar-refractivity contribution in [1.29, 1.82) is 0 Å². The first-order chi connectivity index (χ1) is 11.8. The highest BCUT2D eigenvalue weighted by atomic mass is 32.2. The largest absolute Gasteiger partial charge is 0.497 e. The predicted molar refractivity (Wildman–Crippen MR) is 105 cm³/mol. The molecule has 0 saturated carbocycles. The number of hydrogen-bond acceptors (Lipinski definition) is 4. The van der Waals surface area contributed by atoms with Crippen LogP contribution in [0.25, 0.3) is 0 Å². The Hall–Kier alpha value is -1.76. The fourth-order valence-electron chi connectivity index (χ4n) is 2.02. The molecular weight excluding hydrogens is 338 g/mol. The number of likely N-dealkylation sites (N-methyl/N-ethyl adjacent to an activating group) is 1. The summed E-state index contributed by atoms with van der Waals surface area (Å²) < 4.78 is 22.7. The Morgan fingerprint density at radius 2 is 1.84 bits per heavy atom. The maximum atomic E-state index is 12.1. The monoisotopic (exact) mass is 369 g/mol. The Morgan fingerprint density at radius 3 is 2.36 bits per heavy atom. The number of hydrogen-bond donors (Lipinski definition) is 1. The highest BCUT2D eigenvalue weighted by Crippen LogP contribution is 2.16. The molecule has 1 aromatic carbocycles. The summed E-state index contributed by atoms with van der Waals surface area (Å²) in [5.41, 5.74) is 0. The van der Waals surface area contributed by atoms with E-state index in [4.69, 9.17) is 9.47 Å². The highest BCUT2D eigenvalue weighted by Gasteiger charge is 2.18. The van der Waals surface area contributed by atoms with Crippen molar-refractivity contribution >= 4 is 16.8 Å². The van der Waals surface area contributed by atoms with Gasteiger partial charge in [-0.15, -0.1) is 0 Å². The van der Waals surface area contributed by atoms with Crippen molar-refractivity contribution in [3.63, 3.8) is 0 Å². The molecule has 0 radical (unpaired) electrons. The van der Waals surface area contributed by atoms with E-state index < -0.39 is 10.8 Å². The van der Waals surface area contributed by atoms with E-state index >= 15 is 0 Å². The molecule has 1 atom stereocenters. The first-order valence-corrected chi connectivity index (χ1v) is 9.67. The van der Waals surface area contributed by atoms with Gasteiger partial charge in [-0.3, -0.25) is 9.20 Å². The van der Waals surface area contributed by atoms with E-state index in [1.807, 2.05) is 57.0 Å². The molecule has 0 aromatic heterocycles. The van der Waals surface area contributed by atoms with E-state index in [0.717, 1.165) is 17.5 Å². The van der Waals surface area contributed by atoms with Crippen molar-refractivity contribution < 1.29 is 13.7 Å². The van der Waals surface area contributed by atoms with Gasteiger partial charge in [0.15, 0.2) is 5.96 Å². The molecular formula is C18H31N3O3S. The van der Waals surface area contributed by atoms with Gasteiger partial charge in [0.25, 0.3) is 0 Å². The van der Waals surface area contributed by atoms with Gasteiger partial charge in [0.1, 0.15) is 18.1 Å². The van der Waals surface area contributed by atoms with Gasteiger partial charge >= 0.3 is 0 Å². The van der Waals surface area contributed by atoms with Crippen LogP contribution in [0.15, 0.2) is 29.3 Å². The lowest BCUT2D eigenvalue weighted by molar-refractivity contribution is 0.281. The number of rotatable bonds is 8. The normalized spacial score (nSPS) is 13.3. The average Bonchev–Trinajstić information content (AvgIpc) is 2.58. The molecule has 7 heteroatoms. The third-order valence-corrected chi connectivity index (χ3v) is 5.52. The first-order valence-electron chi connectivity index (χ1n) is 8.35. The predicted octanol–water partition coefficient (Wildman–Crippen LogP) is 2.13. The number of aliphatic imine (C=N–C) groups is 1. The fourth-order valence-corrected chi connectivity index (χ4v) is 2.92. The molecule has 142 valence electrons. The number of nitrogens with one attached hydrogen (secondary N) is 1. The maximum absolute atomic E-state index is 12.1. The number of ether oxygens (including phenoxy) is 2. The van der Waals surface area contributed by atoms with Crippen LogP contribution >= 0.6 is 0 Å². The van der Waals surface area contributed by atoms with Crippen molar-refractivity contribution in [3.8, 4) is 11.5 Å². The van der Waals surface area contributed by atoms with Crippen molar-refractivity contribution in [1.82, 2.24) is 10.2 Å². The lowest BCUT2D eigenvalue weighted by Gasteiger charge is -2.23. The van der Waals surface area contributed by atoms with Crippen LogP contribution in [0, 0.1) is 0 Å². The molecule has 0 spiro atoms. The summed E-state index contributed by atoms with van der Waals surface area (Å²) in [6.45, 7) is 7.81. The van der Waals surface area contributed by atoms with Gasteiger partial charge in [-0.1, -0.05) is 0 Å². The zero-order chi connectivity index (χ0) is 18.9. The molecule has 0 aliphatic carbocycles. The lowest BCUT2D eigenvalue weighted by Crippen LogP contribution is -2.43.